The fourth-order valence-electron chi connectivity index (χ4n) is 3.17. The lowest BCUT2D eigenvalue weighted by atomic mass is 9.96. The van der Waals surface area contributed by atoms with Crippen molar-refractivity contribution in [3.63, 3.8) is 0 Å². The maximum atomic E-state index is 12.9. The summed E-state index contributed by atoms with van der Waals surface area (Å²) in [6, 6.07) is 6.42. The van der Waals surface area contributed by atoms with E-state index in [0.717, 1.165) is 4.57 Å². The molecule has 3 aromatic rings. The van der Waals surface area contributed by atoms with Crippen LogP contribution < -0.4 is 11.2 Å². The van der Waals surface area contributed by atoms with E-state index in [4.69, 9.17) is 4.98 Å². The molecular weight excluding hydrogens is 372 g/mol. The van der Waals surface area contributed by atoms with E-state index >= 15 is 0 Å². The summed E-state index contributed by atoms with van der Waals surface area (Å²) >= 11 is 1.51. The largest absolute Gasteiger partial charge is 0.332 e. The molecule has 0 aliphatic rings. The van der Waals surface area contributed by atoms with Crippen LogP contribution in [0.25, 0.3) is 11.0 Å². The molecule has 1 aromatic carbocycles. The number of aromatic nitrogens is 4. The average Bonchev–Trinajstić information content (AvgIpc) is 2.60. The van der Waals surface area contributed by atoms with E-state index < -0.39 is 0 Å². The van der Waals surface area contributed by atoms with Crippen molar-refractivity contribution in [2.45, 2.75) is 50.8 Å². The SMILES string of the molecule is Cc1cc(C)cc(CSc2nc(C(C)(C)C)nc3c2c(=O)n(C)c(=O)n3C)c1. The van der Waals surface area contributed by atoms with Crippen molar-refractivity contribution in [2.75, 3.05) is 0 Å². The van der Waals surface area contributed by atoms with E-state index in [0.29, 0.717) is 27.6 Å². The summed E-state index contributed by atoms with van der Waals surface area (Å²) in [5, 5.41) is 1.01. The van der Waals surface area contributed by atoms with E-state index in [1.807, 2.05) is 20.8 Å². The number of hydrogen-bond acceptors (Lipinski definition) is 5. The maximum Gasteiger partial charge on any atom is 0.332 e. The van der Waals surface area contributed by atoms with Crippen molar-refractivity contribution >= 4 is 22.8 Å². The van der Waals surface area contributed by atoms with E-state index in [9.17, 15) is 9.59 Å². The second kappa shape index (κ2) is 7.20. The first-order valence-corrected chi connectivity index (χ1v) is 10.2. The van der Waals surface area contributed by atoms with Crippen LogP contribution in [0.5, 0.6) is 0 Å². The molecule has 0 amide bonds. The van der Waals surface area contributed by atoms with Crippen molar-refractivity contribution < 1.29 is 0 Å². The molecule has 2 aromatic heterocycles. The lowest BCUT2D eigenvalue weighted by Gasteiger charge is -2.19. The fourth-order valence-corrected chi connectivity index (χ4v) is 4.12. The number of fused-ring (bicyclic) bond motifs is 1. The molecule has 148 valence electrons. The molecule has 0 spiro atoms. The smallest absolute Gasteiger partial charge is 0.280 e. The van der Waals surface area contributed by atoms with Crippen molar-refractivity contribution in [3.8, 4) is 0 Å². The lowest BCUT2D eigenvalue weighted by Crippen LogP contribution is -2.38. The van der Waals surface area contributed by atoms with Gasteiger partial charge in [0.2, 0.25) is 0 Å². The number of hydrogen-bond donors (Lipinski definition) is 0. The van der Waals surface area contributed by atoms with Gasteiger partial charge in [-0.25, -0.2) is 14.8 Å². The Morgan fingerprint density at radius 2 is 1.57 bits per heavy atom. The number of rotatable bonds is 3. The number of aryl methyl sites for hydroxylation is 3. The van der Waals surface area contributed by atoms with Crippen LogP contribution >= 0.6 is 11.8 Å². The summed E-state index contributed by atoms with van der Waals surface area (Å²) < 4.78 is 2.54. The van der Waals surface area contributed by atoms with Gasteiger partial charge in [0.15, 0.2) is 5.65 Å². The standard InChI is InChI=1S/C21H26N4O2S/c1-12-8-13(2)10-14(9-12)11-28-17-15-16(22-19(23-17)21(3,4)5)24(6)20(27)25(7)18(15)26/h8-10H,11H2,1-7H3. The molecule has 0 atom stereocenters. The third-order valence-corrected chi connectivity index (χ3v) is 5.64. The zero-order chi connectivity index (χ0) is 20.8. The molecule has 0 fully saturated rings. The summed E-state index contributed by atoms with van der Waals surface area (Å²) in [6.45, 7) is 10.2. The number of nitrogens with zero attached hydrogens (tertiary/aromatic N) is 4. The van der Waals surface area contributed by atoms with Crippen LogP contribution in [0.3, 0.4) is 0 Å². The summed E-state index contributed by atoms with van der Waals surface area (Å²) in [7, 11) is 3.13. The molecule has 0 saturated heterocycles. The van der Waals surface area contributed by atoms with Gasteiger partial charge in [-0.05, 0) is 19.4 Å². The lowest BCUT2D eigenvalue weighted by molar-refractivity contribution is 0.539. The Kier molecular flexibility index (Phi) is 5.23. The van der Waals surface area contributed by atoms with Crippen LogP contribution in [0, 0.1) is 13.8 Å². The van der Waals surface area contributed by atoms with Crippen molar-refractivity contribution in [3.05, 3.63) is 61.6 Å². The number of benzene rings is 1. The molecule has 0 radical (unpaired) electrons. The van der Waals surface area contributed by atoms with Gasteiger partial charge < -0.3 is 0 Å². The predicted octanol–water partition coefficient (Wildman–Crippen LogP) is 3.23. The van der Waals surface area contributed by atoms with E-state index in [2.05, 4.69) is 37.0 Å². The minimum atomic E-state index is -0.388. The van der Waals surface area contributed by atoms with Gasteiger partial charge in [-0.3, -0.25) is 13.9 Å². The highest BCUT2D eigenvalue weighted by atomic mass is 32.2. The molecule has 0 aliphatic carbocycles. The Balaban J connectivity index is 2.22. The predicted molar refractivity (Wildman–Crippen MR) is 114 cm³/mol. The first kappa shape index (κ1) is 20.3. The first-order chi connectivity index (χ1) is 13.0. The van der Waals surface area contributed by atoms with Crippen molar-refractivity contribution in [2.24, 2.45) is 14.1 Å². The Labute approximate surface area is 168 Å². The molecule has 6 nitrogen and oxygen atoms in total. The Bertz CT molecular complexity index is 1170. The fraction of sp³-hybridized carbons (Fsp3) is 0.429. The van der Waals surface area contributed by atoms with Gasteiger partial charge in [0.25, 0.3) is 5.56 Å². The van der Waals surface area contributed by atoms with Gasteiger partial charge >= 0.3 is 5.69 Å². The van der Waals surface area contributed by atoms with Crippen LogP contribution in [0.2, 0.25) is 0 Å². The Morgan fingerprint density at radius 1 is 0.964 bits per heavy atom. The van der Waals surface area contributed by atoms with Gasteiger partial charge in [-0.2, -0.15) is 0 Å². The summed E-state index contributed by atoms with van der Waals surface area (Å²) in [6.07, 6.45) is 0. The average molecular weight is 399 g/mol. The van der Waals surface area contributed by atoms with Crippen molar-refractivity contribution in [1.82, 2.24) is 19.1 Å². The molecule has 0 saturated carbocycles. The second-order valence-electron chi connectivity index (χ2n) is 8.29. The van der Waals surface area contributed by atoms with E-state index in [-0.39, 0.29) is 16.7 Å². The minimum Gasteiger partial charge on any atom is -0.280 e. The molecule has 2 heterocycles. The van der Waals surface area contributed by atoms with Crippen molar-refractivity contribution in [1.29, 1.82) is 0 Å². The van der Waals surface area contributed by atoms with Crippen LogP contribution in [0.4, 0.5) is 0 Å². The van der Waals surface area contributed by atoms with E-state index in [1.165, 1.54) is 40.1 Å². The maximum absolute atomic E-state index is 12.9. The zero-order valence-corrected chi connectivity index (χ0v) is 18.3. The van der Waals surface area contributed by atoms with Crippen LogP contribution in [0.1, 0.15) is 43.3 Å². The molecular formula is C21H26N4O2S. The normalized spacial score (nSPS) is 12.0. The Morgan fingerprint density at radius 3 is 2.14 bits per heavy atom. The third kappa shape index (κ3) is 3.76. The van der Waals surface area contributed by atoms with Gasteiger partial charge in [0.05, 0.1) is 0 Å². The molecule has 0 N–H and O–H groups in total. The highest BCUT2D eigenvalue weighted by Crippen LogP contribution is 2.29. The van der Waals surface area contributed by atoms with Gasteiger partial charge in [-0.1, -0.05) is 50.1 Å². The molecule has 0 aliphatic heterocycles. The molecule has 0 bridgehead atoms. The summed E-state index contributed by atoms with van der Waals surface area (Å²) in [5.41, 5.74) is 2.92. The van der Waals surface area contributed by atoms with Gasteiger partial charge in [-0.15, -0.1) is 11.8 Å². The Hall–Kier alpha value is -2.41. The highest BCUT2D eigenvalue weighted by Gasteiger charge is 2.23. The van der Waals surface area contributed by atoms with Crippen LogP contribution in [-0.4, -0.2) is 19.1 Å². The zero-order valence-electron chi connectivity index (χ0n) is 17.5. The quantitative estimate of drug-likeness (QED) is 0.500. The summed E-state index contributed by atoms with van der Waals surface area (Å²) in [4.78, 5) is 34.6. The molecule has 3 rings (SSSR count). The first-order valence-electron chi connectivity index (χ1n) is 9.17. The highest BCUT2D eigenvalue weighted by molar-refractivity contribution is 7.98. The molecule has 7 heteroatoms. The number of thioether (sulfide) groups is 1. The topological polar surface area (TPSA) is 69.8 Å². The van der Waals surface area contributed by atoms with E-state index in [1.54, 1.807) is 7.05 Å². The second-order valence-corrected chi connectivity index (χ2v) is 9.26. The molecule has 28 heavy (non-hydrogen) atoms. The third-order valence-electron chi connectivity index (χ3n) is 4.59. The minimum absolute atomic E-state index is 0.305. The monoisotopic (exact) mass is 398 g/mol. The summed E-state index contributed by atoms with van der Waals surface area (Å²) in [5.74, 6) is 1.30. The van der Waals surface area contributed by atoms with Gasteiger partial charge in [0.1, 0.15) is 16.2 Å². The molecule has 0 unspecified atom stereocenters. The van der Waals surface area contributed by atoms with Crippen LogP contribution in [-0.2, 0) is 25.3 Å². The van der Waals surface area contributed by atoms with Crippen LogP contribution in [0.15, 0.2) is 32.8 Å². The van der Waals surface area contributed by atoms with Gasteiger partial charge in [0, 0.05) is 25.3 Å².